The van der Waals surface area contributed by atoms with Crippen molar-refractivity contribution in [3.8, 4) is 0 Å². The number of piperidine rings is 1. The van der Waals surface area contributed by atoms with Crippen LogP contribution in [0, 0.1) is 0 Å². The van der Waals surface area contributed by atoms with Crippen molar-refractivity contribution < 1.29 is 9.90 Å². The monoisotopic (exact) mass is 245 g/mol. The third-order valence-electron chi connectivity index (χ3n) is 4.28. The zero-order valence-electron chi connectivity index (χ0n) is 10.7. The van der Waals surface area contributed by atoms with Gasteiger partial charge in [-0.1, -0.05) is 0 Å². The summed E-state index contributed by atoms with van der Waals surface area (Å²) in [6.45, 7) is 1.59. The van der Waals surface area contributed by atoms with Crippen molar-refractivity contribution in [2.24, 2.45) is 0 Å². The maximum absolute atomic E-state index is 11.3. The van der Waals surface area contributed by atoms with E-state index in [1.165, 1.54) is 18.5 Å². The first-order valence-electron chi connectivity index (χ1n) is 6.72. The molecule has 3 nitrogen and oxygen atoms in total. The lowest BCUT2D eigenvalue weighted by molar-refractivity contribution is 0.101. The molecule has 2 bridgehead atoms. The molecule has 2 unspecified atom stereocenters. The molecule has 1 aromatic rings. The number of fused-ring (bicyclic) bond motifs is 2. The molecule has 2 fully saturated rings. The second-order valence-corrected chi connectivity index (χ2v) is 5.52. The van der Waals surface area contributed by atoms with Crippen LogP contribution in [0.3, 0.4) is 0 Å². The highest BCUT2D eigenvalue weighted by molar-refractivity contribution is 5.94. The Hall–Kier alpha value is -1.35. The molecule has 2 aliphatic rings. The van der Waals surface area contributed by atoms with E-state index in [1.54, 1.807) is 6.92 Å². The van der Waals surface area contributed by atoms with Gasteiger partial charge in [0.15, 0.2) is 5.78 Å². The van der Waals surface area contributed by atoms with E-state index in [4.69, 9.17) is 0 Å². The van der Waals surface area contributed by atoms with E-state index in [2.05, 4.69) is 4.90 Å². The van der Waals surface area contributed by atoms with Crippen molar-refractivity contribution in [1.82, 2.24) is 0 Å². The van der Waals surface area contributed by atoms with Gasteiger partial charge in [-0.2, -0.15) is 0 Å². The predicted molar refractivity (Wildman–Crippen MR) is 71.0 cm³/mol. The van der Waals surface area contributed by atoms with Crippen LogP contribution in [0.1, 0.15) is 43.0 Å². The number of aliphatic hydroxyl groups is 1. The van der Waals surface area contributed by atoms with E-state index >= 15 is 0 Å². The Bertz CT molecular complexity index is 440. The summed E-state index contributed by atoms with van der Waals surface area (Å²) in [6, 6.07) is 8.84. The van der Waals surface area contributed by atoms with Gasteiger partial charge in [-0.25, -0.2) is 0 Å². The fourth-order valence-electron chi connectivity index (χ4n) is 3.44. The molecule has 0 radical (unpaired) electrons. The topological polar surface area (TPSA) is 40.5 Å². The van der Waals surface area contributed by atoms with Crippen molar-refractivity contribution in [1.29, 1.82) is 0 Å². The van der Waals surface area contributed by atoms with Gasteiger partial charge in [0.1, 0.15) is 0 Å². The average molecular weight is 245 g/mol. The number of hydrogen-bond acceptors (Lipinski definition) is 3. The number of hydrogen-bond donors (Lipinski definition) is 1. The van der Waals surface area contributed by atoms with E-state index in [0.717, 1.165) is 18.4 Å². The van der Waals surface area contributed by atoms with Gasteiger partial charge < -0.3 is 10.0 Å². The van der Waals surface area contributed by atoms with Gasteiger partial charge in [-0.05, 0) is 56.9 Å². The number of anilines is 1. The Morgan fingerprint density at radius 3 is 2.22 bits per heavy atom. The van der Waals surface area contributed by atoms with Crippen molar-refractivity contribution in [2.75, 3.05) is 4.90 Å². The van der Waals surface area contributed by atoms with Crippen LogP contribution in [-0.4, -0.2) is 29.1 Å². The number of benzene rings is 1. The van der Waals surface area contributed by atoms with Crippen LogP contribution in [-0.2, 0) is 0 Å². The third-order valence-corrected chi connectivity index (χ3v) is 4.28. The Labute approximate surface area is 107 Å². The van der Waals surface area contributed by atoms with Gasteiger partial charge >= 0.3 is 0 Å². The highest BCUT2D eigenvalue weighted by Gasteiger charge is 2.40. The number of carbonyl (C=O) groups excluding carboxylic acids is 1. The number of aliphatic hydroxyl groups excluding tert-OH is 1. The summed E-state index contributed by atoms with van der Waals surface area (Å²) in [5.41, 5.74) is 1.96. The summed E-state index contributed by atoms with van der Waals surface area (Å²) < 4.78 is 0. The lowest BCUT2D eigenvalue weighted by atomic mass is 9.98. The van der Waals surface area contributed by atoms with Gasteiger partial charge in [0.2, 0.25) is 0 Å². The molecule has 1 aromatic carbocycles. The van der Waals surface area contributed by atoms with Crippen LogP contribution in [0.15, 0.2) is 24.3 Å². The van der Waals surface area contributed by atoms with Gasteiger partial charge in [0.05, 0.1) is 6.10 Å². The number of Topliss-reactive ketones (excluding diaryl/α,β-unsaturated/α-hetero) is 1. The fourth-order valence-corrected chi connectivity index (χ4v) is 3.44. The quantitative estimate of drug-likeness (QED) is 0.813. The average Bonchev–Trinajstić information content (AvgIpc) is 2.62. The zero-order chi connectivity index (χ0) is 12.7. The largest absolute Gasteiger partial charge is 0.393 e. The van der Waals surface area contributed by atoms with Crippen LogP contribution >= 0.6 is 0 Å². The molecular weight excluding hydrogens is 226 g/mol. The number of nitrogens with zero attached hydrogens (tertiary/aromatic N) is 1. The predicted octanol–water partition coefficient (Wildman–Crippen LogP) is 2.38. The SMILES string of the molecule is CC(=O)c1ccc(N2C3CCC2CC(O)C3)cc1. The number of ketones is 1. The summed E-state index contributed by atoms with van der Waals surface area (Å²) in [6.07, 6.45) is 3.98. The van der Waals surface area contributed by atoms with E-state index in [9.17, 15) is 9.90 Å². The van der Waals surface area contributed by atoms with Gasteiger partial charge in [-0.15, -0.1) is 0 Å². The molecule has 2 saturated heterocycles. The molecule has 0 amide bonds. The van der Waals surface area contributed by atoms with Gasteiger partial charge in [-0.3, -0.25) is 4.79 Å². The molecule has 3 rings (SSSR count). The minimum atomic E-state index is -0.129. The molecule has 2 atom stereocenters. The van der Waals surface area contributed by atoms with Crippen LogP contribution in [0.2, 0.25) is 0 Å². The molecule has 0 spiro atoms. The first kappa shape index (κ1) is 11.7. The molecule has 1 N–H and O–H groups in total. The summed E-state index contributed by atoms with van der Waals surface area (Å²) in [5.74, 6) is 0.110. The molecule has 2 heterocycles. The van der Waals surface area contributed by atoms with Crippen molar-refractivity contribution >= 4 is 11.5 Å². The highest BCUT2D eigenvalue weighted by atomic mass is 16.3. The van der Waals surface area contributed by atoms with E-state index in [-0.39, 0.29) is 11.9 Å². The maximum Gasteiger partial charge on any atom is 0.159 e. The molecule has 0 saturated carbocycles. The molecule has 2 aliphatic heterocycles. The lowest BCUT2D eigenvalue weighted by Crippen LogP contribution is -2.44. The summed E-state index contributed by atoms with van der Waals surface area (Å²) in [4.78, 5) is 13.7. The normalized spacial score (nSPS) is 30.6. The Kier molecular flexibility index (Phi) is 2.86. The number of rotatable bonds is 2. The molecule has 0 aliphatic carbocycles. The first-order chi connectivity index (χ1) is 8.65. The fraction of sp³-hybridized carbons (Fsp3) is 0.533. The van der Waals surface area contributed by atoms with Gasteiger partial charge in [0, 0.05) is 23.3 Å². The minimum Gasteiger partial charge on any atom is -0.393 e. The van der Waals surface area contributed by atoms with E-state index in [1.807, 2.05) is 24.3 Å². The Morgan fingerprint density at radius 2 is 1.72 bits per heavy atom. The van der Waals surface area contributed by atoms with Crippen molar-refractivity contribution in [3.63, 3.8) is 0 Å². The second kappa shape index (κ2) is 4.39. The minimum absolute atomic E-state index is 0.110. The standard InChI is InChI=1S/C15H19NO2/c1-10(17)11-2-4-12(5-3-11)16-13-6-7-14(16)9-15(18)8-13/h2-5,13-15,18H,6-9H2,1H3. The van der Waals surface area contributed by atoms with Gasteiger partial charge in [0.25, 0.3) is 0 Å². The molecule has 0 aromatic heterocycles. The van der Waals surface area contributed by atoms with Crippen molar-refractivity contribution in [3.05, 3.63) is 29.8 Å². The first-order valence-corrected chi connectivity index (χ1v) is 6.72. The molecular formula is C15H19NO2. The van der Waals surface area contributed by atoms with Crippen LogP contribution in [0.25, 0.3) is 0 Å². The Morgan fingerprint density at radius 1 is 1.17 bits per heavy atom. The van der Waals surface area contributed by atoms with Crippen molar-refractivity contribution in [2.45, 2.75) is 50.8 Å². The van der Waals surface area contributed by atoms with E-state index < -0.39 is 0 Å². The third kappa shape index (κ3) is 1.93. The maximum atomic E-state index is 11.3. The summed E-state index contributed by atoms with van der Waals surface area (Å²) in [7, 11) is 0. The van der Waals surface area contributed by atoms with Crippen LogP contribution < -0.4 is 4.90 Å². The molecule has 96 valence electrons. The summed E-state index contributed by atoms with van der Waals surface area (Å²) in [5, 5.41) is 9.80. The van der Waals surface area contributed by atoms with Crippen LogP contribution in [0.5, 0.6) is 0 Å². The Balaban J connectivity index is 1.85. The molecule has 3 heteroatoms. The lowest BCUT2D eigenvalue weighted by Gasteiger charge is -2.39. The summed E-state index contributed by atoms with van der Waals surface area (Å²) >= 11 is 0. The van der Waals surface area contributed by atoms with E-state index in [0.29, 0.717) is 12.1 Å². The second-order valence-electron chi connectivity index (χ2n) is 5.52. The number of carbonyl (C=O) groups is 1. The molecule has 18 heavy (non-hydrogen) atoms. The smallest absolute Gasteiger partial charge is 0.159 e. The zero-order valence-corrected chi connectivity index (χ0v) is 10.7. The van der Waals surface area contributed by atoms with Crippen LogP contribution in [0.4, 0.5) is 5.69 Å². The highest BCUT2D eigenvalue weighted by Crippen LogP contribution is 2.39.